The maximum atomic E-state index is 12.6. The Balaban J connectivity index is 1.70. The summed E-state index contributed by atoms with van der Waals surface area (Å²) in [5.41, 5.74) is 3.04. The number of carbonyl (C=O) groups is 1. The van der Waals surface area contributed by atoms with Crippen LogP contribution in [0.4, 0.5) is 0 Å². The normalized spacial score (nSPS) is 15.0. The highest BCUT2D eigenvalue weighted by atomic mass is 79.9. The van der Waals surface area contributed by atoms with Gasteiger partial charge in [-0.25, -0.2) is 0 Å². The van der Waals surface area contributed by atoms with Crippen molar-refractivity contribution in [1.29, 1.82) is 0 Å². The Morgan fingerprint density at radius 1 is 1.13 bits per heavy atom. The van der Waals surface area contributed by atoms with E-state index in [0.717, 1.165) is 26.9 Å². The minimum absolute atomic E-state index is 0.117. The Bertz CT molecular complexity index is 1020. The number of thiocarbonyl (C=S) groups is 1. The summed E-state index contributed by atoms with van der Waals surface area (Å²) in [4.78, 5) is 14.7. The van der Waals surface area contributed by atoms with Crippen molar-refractivity contribution in [3.8, 4) is 11.5 Å². The fourth-order valence-electron chi connectivity index (χ4n) is 2.86. The second kappa shape index (κ2) is 10.3. The van der Waals surface area contributed by atoms with Gasteiger partial charge in [0.15, 0.2) is 0 Å². The lowest BCUT2D eigenvalue weighted by Gasteiger charge is -2.13. The van der Waals surface area contributed by atoms with Gasteiger partial charge in [0.2, 0.25) is 0 Å². The van der Waals surface area contributed by atoms with Gasteiger partial charge in [0.1, 0.15) is 29.0 Å². The number of rotatable bonds is 8. The van der Waals surface area contributed by atoms with Crippen LogP contribution in [0.15, 0.2) is 58.4 Å². The van der Waals surface area contributed by atoms with Crippen LogP contribution in [0.1, 0.15) is 16.7 Å². The number of ether oxygens (including phenoxy) is 2. The topological polar surface area (TPSA) is 38.8 Å². The van der Waals surface area contributed by atoms with Crippen molar-refractivity contribution < 1.29 is 14.3 Å². The highest BCUT2D eigenvalue weighted by Gasteiger charge is 2.31. The molecular weight excluding hydrogens is 482 g/mol. The average molecular weight is 504 g/mol. The summed E-state index contributed by atoms with van der Waals surface area (Å²) in [7, 11) is 0. The van der Waals surface area contributed by atoms with E-state index in [0.29, 0.717) is 34.7 Å². The largest absolute Gasteiger partial charge is 0.490 e. The molecule has 0 bridgehead atoms. The molecule has 1 fully saturated rings. The van der Waals surface area contributed by atoms with Gasteiger partial charge < -0.3 is 9.47 Å². The minimum atomic E-state index is -0.117. The van der Waals surface area contributed by atoms with Crippen LogP contribution in [-0.2, 0) is 4.79 Å². The summed E-state index contributed by atoms with van der Waals surface area (Å²) in [5.74, 6) is 1.42. The van der Waals surface area contributed by atoms with Crippen molar-refractivity contribution in [2.24, 2.45) is 0 Å². The van der Waals surface area contributed by atoms with Crippen molar-refractivity contribution in [3.05, 3.63) is 75.1 Å². The summed E-state index contributed by atoms with van der Waals surface area (Å²) in [6, 6.07) is 11.8. The average Bonchev–Trinajstić information content (AvgIpc) is 2.97. The highest BCUT2D eigenvalue weighted by Crippen LogP contribution is 2.35. The lowest BCUT2D eigenvalue weighted by molar-refractivity contribution is -0.121. The van der Waals surface area contributed by atoms with Crippen LogP contribution in [0.5, 0.6) is 11.5 Å². The molecule has 0 spiro atoms. The lowest BCUT2D eigenvalue weighted by atomic mass is 10.1. The Morgan fingerprint density at radius 3 is 2.60 bits per heavy atom. The van der Waals surface area contributed by atoms with E-state index < -0.39 is 0 Å². The van der Waals surface area contributed by atoms with Crippen molar-refractivity contribution in [1.82, 2.24) is 4.90 Å². The zero-order chi connectivity index (χ0) is 21.7. The molecule has 7 heteroatoms. The maximum Gasteiger partial charge on any atom is 0.266 e. The molecule has 156 valence electrons. The van der Waals surface area contributed by atoms with Gasteiger partial charge in [-0.15, -0.1) is 6.58 Å². The monoisotopic (exact) mass is 503 g/mol. The van der Waals surface area contributed by atoms with Crippen molar-refractivity contribution in [2.45, 2.75) is 13.8 Å². The molecule has 1 heterocycles. The fourth-order valence-corrected chi connectivity index (χ4v) is 4.50. The first-order valence-electron chi connectivity index (χ1n) is 9.37. The summed E-state index contributed by atoms with van der Waals surface area (Å²) in [6.45, 7) is 8.94. The van der Waals surface area contributed by atoms with E-state index in [2.05, 4.69) is 28.6 Å². The molecule has 0 unspecified atom stereocenters. The maximum absolute atomic E-state index is 12.6. The Kier molecular flexibility index (Phi) is 7.75. The Labute approximate surface area is 195 Å². The van der Waals surface area contributed by atoms with Crippen LogP contribution in [0.25, 0.3) is 6.08 Å². The van der Waals surface area contributed by atoms with Gasteiger partial charge in [-0.1, -0.05) is 58.1 Å². The molecule has 1 amide bonds. The second-order valence-corrected chi connectivity index (χ2v) is 9.32. The Hall–Kier alpha value is -2.09. The number of carbonyl (C=O) groups excluding carboxylic acids is 1. The van der Waals surface area contributed by atoms with E-state index in [1.807, 2.05) is 50.3 Å². The number of nitrogens with zero attached hydrogens (tertiary/aromatic N) is 1. The standard InChI is InChI=1S/C23H22BrNO3S2/c1-4-9-25-22(26)21(30-23(25)29)14-17-13-18(24)7-8-19(17)27-10-11-28-20-12-15(2)5-6-16(20)3/h4-8,12-14H,1,9-11H2,2-3H3/b21-14-. The molecule has 4 nitrogen and oxygen atoms in total. The van der Waals surface area contributed by atoms with E-state index in [1.54, 1.807) is 6.08 Å². The summed E-state index contributed by atoms with van der Waals surface area (Å²) < 4.78 is 13.3. The van der Waals surface area contributed by atoms with Crippen LogP contribution in [0.3, 0.4) is 0 Å². The molecule has 1 saturated heterocycles. The van der Waals surface area contributed by atoms with Gasteiger partial charge in [-0.2, -0.15) is 0 Å². The van der Waals surface area contributed by atoms with Crippen LogP contribution >= 0.6 is 39.9 Å². The van der Waals surface area contributed by atoms with Crippen molar-refractivity contribution in [3.63, 3.8) is 0 Å². The molecule has 0 radical (unpaired) electrons. The third-order valence-electron chi connectivity index (χ3n) is 4.39. The van der Waals surface area contributed by atoms with Gasteiger partial charge in [-0.3, -0.25) is 9.69 Å². The van der Waals surface area contributed by atoms with Crippen molar-refractivity contribution >= 4 is 56.2 Å². The summed E-state index contributed by atoms with van der Waals surface area (Å²) >= 11 is 10.1. The summed E-state index contributed by atoms with van der Waals surface area (Å²) in [5, 5.41) is 0. The van der Waals surface area contributed by atoms with Gasteiger partial charge in [0, 0.05) is 16.6 Å². The molecule has 2 aromatic carbocycles. The zero-order valence-electron chi connectivity index (χ0n) is 16.8. The number of amides is 1. The van der Waals surface area contributed by atoms with E-state index in [4.69, 9.17) is 21.7 Å². The highest BCUT2D eigenvalue weighted by molar-refractivity contribution is 9.10. The number of hydrogen-bond acceptors (Lipinski definition) is 5. The number of thioether (sulfide) groups is 1. The minimum Gasteiger partial charge on any atom is -0.490 e. The molecule has 1 aliphatic heterocycles. The van der Waals surface area contributed by atoms with E-state index in [9.17, 15) is 4.79 Å². The number of halogens is 1. The van der Waals surface area contributed by atoms with Gasteiger partial charge in [0.25, 0.3) is 5.91 Å². The molecule has 2 aromatic rings. The van der Waals surface area contributed by atoms with Gasteiger partial charge in [0.05, 0.1) is 4.91 Å². The first-order chi connectivity index (χ1) is 14.4. The number of benzene rings is 2. The van der Waals surface area contributed by atoms with Crippen LogP contribution in [-0.4, -0.2) is 34.9 Å². The SMILES string of the molecule is C=CCN1C(=O)/C(=C/c2cc(Br)ccc2OCCOc2cc(C)ccc2C)SC1=S. The van der Waals surface area contributed by atoms with Crippen LogP contribution < -0.4 is 9.47 Å². The first-order valence-corrected chi connectivity index (χ1v) is 11.4. The van der Waals surface area contributed by atoms with Crippen LogP contribution in [0, 0.1) is 13.8 Å². The zero-order valence-corrected chi connectivity index (χ0v) is 20.0. The smallest absolute Gasteiger partial charge is 0.266 e. The first kappa shape index (κ1) is 22.6. The molecule has 1 aliphatic rings. The third-order valence-corrected chi connectivity index (χ3v) is 6.26. The van der Waals surface area contributed by atoms with E-state index >= 15 is 0 Å². The van der Waals surface area contributed by atoms with E-state index in [-0.39, 0.29) is 5.91 Å². The molecule has 0 aliphatic carbocycles. The molecule has 0 saturated carbocycles. The van der Waals surface area contributed by atoms with Gasteiger partial charge in [-0.05, 0) is 55.3 Å². The molecule has 0 atom stereocenters. The lowest BCUT2D eigenvalue weighted by Crippen LogP contribution is -2.27. The van der Waals surface area contributed by atoms with Crippen molar-refractivity contribution in [2.75, 3.05) is 19.8 Å². The van der Waals surface area contributed by atoms with E-state index in [1.165, 1.54) is 16.7 Å². The van der Waals surface area contributed by atoms with Crippen LogP contribution in [0.2, 0.25) is 0 Å². The molecule has 30 heavy (non-hydrogen) atoms. The predicted molar refractivity (Wildman–Crippen MR) is 131 cm³/mol. The number of hydrogen-bond donors (Lipinski definition) is 0. The molecule has 0 aromatic heterocycles. The molecule has 3 rings (SSSR count). The molecule has 0 N–H and O–H groups in total. The second-order valence-electron chi connectivity index (χ2n) is 6.73. The third kappa shape index (κ3) is 5.53. The predicted octanol–water partition coefficient (Wildman–Crippen LogP) is 5.91. The Morgan fingerprint density at radius 2 is 1.87 bits per heavy atom. The fraction of sp³-hybridized carbons (Fsp3) is 0.217. The van der Waals surface area contributed by atoms with Gasteiger partial charge >= 0.3 is 0 Å². The quantitative estimate of drug-likeness (QED) is 0.193. The molecular formula is C23H22BrNO3S2. The summed E-state index contributed by atoms with van der Waals surface area (Å²) in [6.07, 6.45) is 3.48. The number of aryl methyl sites for hydroxylation is 2.